The van der Waals surface area contributed by atoms with Crippen molar-refractivity contribution >= 4 is 5.91 Å². The third-order valence-electron chi connectivity index (χ3n) is 2.65. The van der Waals surface area contributed by atoms with Crippen LogP contribution in [0, 0.1) is 11.8 Å². The minimum absolute atomic E-state index is 0.150. The molecule has 3 heteroatoms. The van der Waals surface area contributed by atoms with Gasteiger partial charge in [0.2, 0.25) is 5.91 Å². The van der Waals surface area contributed by atoms with E-state index in [0.29, 0.717) is 24.9 Å². The lowest BCUT2D eigenvalue weighted by Gasteiger charge is -2.14. The van der Waals surface area contributed by atoms with Crippen LogP contribution in [-0.4, -0.2) is 18.5 Å². The number of carbonyl (C=O) groups is 1. The van der Waals surface area contributed by atoms with E-state index in [2.05, 4.69) is 12.2 Å². The van der Waals surface area contributed by atoms with Crippen molar-refractivity contribution in [2.45, 2.75) is 39.2 Å². The molecular formula is C10H20N2O. The molecule has 0 aromatic rings. The van der Waals surface area contributed by atoms with Gasteiger partial charge in [-0.15, -0.1) is 0 Å². The summed E-state index contributed by atoms with van der Waals surface area (Å²) < 4.78 is 0. The van der Waals surface area contributed by atoms with Gasteiger partial charge >= 0.3 is 0 Å². The van der Waals surface area contributed by atoms with Gasteiger partial charge in [0.05, 0.1) is 0 Å². The molecule has 1 amide bonds. The molecule has 0 spiro atoms. The minimum Gasteiger partial charge on any atom is -0.353 e. The molecule has 76 valence electrons. The average Bonchev–Trinajstić information content (AvgIpc) is 2.85. The van der Waals surface area contributed by atoms with Crippen LogP contribution >= 0.6 is 0 Å². The van der Waals surface area contributed by atoms with Crippen molar-refractivity contribution in [3.05, 3.63) is 0 Å². The van der Waals surface area contributed by atoms with E-state index in [1.807, 2.05) is 6.92 Å². The lowest BCUT2D eigenvalue weighted by Crippen LogP contribution is -2.35. The lowest BCUT2D eigenvalue weighted by atomic mass is 10.1. The molecule has 1 aliphatic carbocycles. The molecule has 2 atom stereocenters. The summed E-state index contributed by atoms with van der Waals surface area (Å²) in [6, 6.07) is 0.359. The van der Waals surface area contributed by atoms with Crippen LogP contribution in [0.3, 0.4) is 0 Å². The predicted molar refractivity (Wildman–Crippen MR) is 53.2 cm³/mol. The van der Waals surface area contributed by atoms with Gasteiger partial charge in [0.1, 0.15) is 0 Å². The number of carbonyl (C=O) groups excluding carboxylic acids is 1. The molecule has 1 rings (SSSR count). The number of hydrogen-bond acceptors (Lipinski definition) is 2. The topological polar surface area (TPSA) is 55.1 Å². The molecule has 0 saturated heterocycles. The third-order valence-corrected chi connectivity index (χ3v) is 2.65. The zero-order valence-electron chi connectivity index (χ0n) is 8.55. The molecule has 3 nitrogen and oxygen atoms in total. The van der Waals surface area contributed by atoms with E-state index in [0.717, 1.165) is 5.92 Å². The molecule has 0 heterocycles. The number of amides is 1. The molecule has 1 saturated carbocycles. The van der Waals surface area contributed by atoms with Gasteiger partial charge in [0.15, 0.2) is 0 Å². The second-order valence-electron chi connectivity index (χ2n) is 4.24. The van der Waals surface area contributed by atoms with Gasteiger partial charge < -0.3 is 11.1 Å². The van der Waals surface area contributed by atoms with Gasteiger partial charge in [-0.1, -0.05) is 6.92 Å². The monoisotopic (exact) mass is 184 g/mol. The summed E-state index contributed by atoms with van der Waals surface area (Å²) in [6.45, 7) is 4.68. The number of rotatable bonds is 5. The Bertz CT molecular complexity index is 178. The fraction of sp³-hybridized carbons (Fsp3) is 0.900. The highest BCUT2D eigenvalue weighted by Gasteiger charge is 2.28. The molecule has 1 fully saturated rings. The van der Waals surface area contributed by atoms with Crippen LogP contribution in [0.1, 0.15) is 33.1 Å². The molecule has 0 aromatic carbocycles. The van der Waals surface area contributed by atoms with Crippen LogP contribution in [0.2, 0.25) is 0 Å². The van der Waals surface area contributed by atoms with Crippen LogP contribution in [0.5, 0.6) is 0 Å². The Balaban J connectivity index is 2.15. The summed E-state index contributed by atoms with van der Waals surface area (Å²) in [6.07, 6.45) is 3.11. The van der Waals surface area contributed by atoms with Crippen molar-refractivity contribution in [1.29, 1.82) is 0 Å². The summed E-state index contributed by atoms with van der Waals surface area (Å²) in [4.78, 5) is 11.4. The highest BCUT2D eigenvalue weighted by Crippen LogP contribution is 2.32. The highest BCUT2D eigenvalue weighted by atomic mass is 16.1. The van der Waals surface area contributed by atoms with Gasteiger partial charge in [0.25, 0.3) is 0 Å². The predicted octanol–water partition coefficient (Wildman–Crippen LogP) is 0.886. The summed E-state index contributed by atoms with van der Waals surface area (Å²) in [5.74, 6) is 1.18. The Morgan fingerprint density at radius 3 is 2.62 bits per heavy atom. The van der Waals surface area contributed by atoms with Crippen LogP contribution in [-0.2, 0) is 4.79 Å². The van der Waals surface area contributed by atoms with Crippen molar-refractivity contribution < 1.29 is 4.79 Å². The molecule has 2 unspecified atom stereocenters. The van der Waals surface area contributed by atoms with Crippen molar-refractivity contribution in [2.24, 2.45) is 17.6 Å². The largest absolute Gasteiger partial charge is 0.353 e. The molecule has 0 aliphatic heterocycles. The zero-order valence-corrected chi connectivity index (χ0v) is 8.55. The van der Waals surface area contributed by atoms with E-state index in [9.17, 15) is 4.79 Å². The van der Waals surface area contributed by atoms with E-state index in [4.69, 9.17) is 5.73 Å². The van der Waals surface area contributed by atoms with Crippen molar-refractivity contribution in [2.75, 3.05) is 6.54 Å². The Kier molecular flexibility index (Phi) is 3.72. The fourth-order valence-corrected chi connectivity index (χ4v) is 1.43. The van der Waals surface area contributed by atoms with E-state index >= 15 is 0 Å². The Labute approximate surface area is 80.1 Å². The van der Waals surface area contributed by atoms with Crippen LogP contribution in [0.25, 0.3) is 0 Å². The number of hydrogen-bond donors (Lipinski definition) is 2. The molecule has 0 bridgehead atoms. The number of nitrogens with two attached hydrogens (primary N) is 1. The zero-order chi connectivity index (χ0) is 9.84. The summed E-state index contributed by atoms with van der Waals surface area (Å²) in [5.41, 5.74) is 5.44. The molecule has 13 heavy (non-hydrogen) atoms. The highest BCUT2D eigenvalue weighted by molar-refractivity contribution is 5.76. The Morgan fingerprint density at radius 2 is 2.15 bits per heavy atom. The molecular weight excluding hydrogens is 164 g/mol. The van der Waals surface area contributed by atoms with E-state index in [-0.39, 0.29) is 5.91 Å². The first-order valence-corrected chi connectivity index (χ1v) is 5.13. The Morgan fingerprint density at radius 1 is 1.54 bits per heavy atom. The first-order chi connectivity index (χ1) is 6.13. The van der Waals surface area contributed by atoms with E-state index < -0.39 is 0 Å². The maximum Gasteiger partial charge on any atom is 0.220 e. The van der Waals surface area contributed by atoms with E-state index in [1.165, 1.54) is 12.8 Å². The third kappa shape index (κ3) is 3.77. The van der Waals surface area contributed by atoms with Crippen LogP contribution in [0.4, 0.5) is 0 Å². The van der Waals surface area contributed by atoms with Gasteiger partial charge in [0, 0.05) is 12.5 Å². The number of nitrogens with one attached hydrogen (secondary N) is 1. The minimum atomic E-state index is 0.150. The van der Waals surface area contributed by atoms with Crippen LogP contribution in [0.15, 0.2) is 0 Å². The first-order valence-electron chi connectivity index (χ1n) is 5.13. The van der Waals surface area contributed by atoms with Gasteiger partial charge in [-0.3, -0.25) is 4.79 Å². The maximum absolute atomic E-state index is 11.4. The van der Waals surface area contributed by atoms with Gasteiger partial charge in [-0.2, -0.15) is 0 Å². The standard InChI is InChI=1S/C10H20N2O/c1-7(6-11)5-10(13)12-8(2)9-3-4-9/h7-9H,3-6,11H2,1-2H3,(H,12,13). The Hall–Kier alpha value is -0.570. The molecule has 3 N–H and O–H groups in total. The average molecular weight is 184 g/mol. The maximum atomic E-state index is 11.4. The summed E-state index contributed by atoms with van der Waals surface area (Å²) in [7, 11) is 0. The van der Waals surface area contributed by atoms with Gasteiger partial charge in [-0.05, 0) is 38.1 Å². The van der Waals surface area contributed by atoms with Crippen LogP contribution < -0.4 is 11.1 Å². The molecule has 0 radical (unpaired) electrons. The SMILES string of the molecule is CC(CN)CC(=O)NC(C)C1CC1. The normalized spacial score (nSPS) is 20.8. The quantitative estimate of drug-likeness (QED) is 0.666. The fourth-order valence-electron chi connectivity index (χ4n) is 1.43. The second-order valence-corrected chi connectivity index (χ2v) is 4.24. The summed E-state index contributed by atoms with van der Waals surface area (Å²) >= 11 is 0. The molecule has 1 aliphatic rings. The summed E-state index contributed by atoms with van der Waals surface area (Å²) in [5, 5.41) is 3.01. The van der Waals surface area contributed by atoms with Gasteiger partial charge in [-0.25, -0.2) is 0 Å². The smallest absolute Gasteiger partial charge is 0.220 e. The van der Waals surface area contributed by atoms with Crippen molar-refractivity contribution in [3.63, 3.8) is 0 Å². The molecule has 0 aromatic heterocycles. The second kappa shape index (κ2) is 4.61. The van der Waals surface area contributed by atoms with Crippen molar-refractivity contribution in [1.82, 2.24) is 5.32 Å². The van der Waals surface area contributed by atoms with Crippen molar-refractivity contribution in [3.8, 4) is 0 Å². The van der Waals surface area contributed by atoms with E-state index in [1.54, 1.807) is 0 Å². The first kappa shape index (κ1) is 10.5. The lowest BCUT2D eigenvalue weighted by molar-refractivity contribution is -0.122.